The molecular weight excluding hydrogens is 384 g/mol. The second-order valence-electron chi connectivity index (χ2n) is 9.41. The zero-order valence-electron chi connectivity index (χ0n) is 18.7. The molecule has 31 heavy (non-hydrogen) atoms. The Morgan fingerprint density at radius 1 is 1.03 bits per heavy atom. The van der Waals surface area contributed by atoms with Gasteiger partial charge < -0.3 is 10.4 Å². The van der Waals surface area contributed by atoms with Gasteiger partial charge >= 0.3 is 0 Å². The Kier molecular flexibility index (Phi) is 7.09. The Hall–Kier alpha value is -2.17. The Bertz CT molecular complexity index is 835. The van der Waals surface area contributed by atoms with E-state index in [1.54, 1.807) is 0 Å². The maximum Gasteiger partial charge on any atom is 0.256 e. The average Bonchev–Trinajstić information content (AvgIpc) is 3.32. The second kappa shape index (κ2) is 9.97. The summed E-state index contributed by atoms with van der Waals surface area (Å²) in [5, 5.41) is 14.9. The van der Waals surface area contributed by atoms with E-state index in [0.29, 0.717) is 18.5 Å². The van der Waals surface area contributed by atoms with E-state index in [2.05, 4.69) is 47.5 Å². The van der Waals surface area contributed by atoms with Crippen molar-refractivity contribution in [2.75, 3.05) is 19.6 Å². The van der Waals surface area contributed by atoms with Crippen LogP contribution in [0.2, 0.25) is 0 Å². The molecule has 4 nitrogen and oxygen atoms in total. The minimum atomic E-state index is -1.43. The fourth-order valence-corrected chi connectivity index (χ4v) is 5.46. The number of nitrogens with one attached hydrogen (secondary N) is 1. The molecule has 166 valence electrons. The number of aliphatic hydroxyl groups is 1. The summed E-state index contributed by atoms with van der Waals surface area (Å²) in [4.78, 5) is 15.9. The molecule has 1 heterocycles. The predicted octanol–water partition coefficient (Wildman–Crippen LogP) is 4.65. The van der Waals surface area contributed by atoms with Crippen molar-refractivity contribution in [3.63, 3.8) is 0 Å². The summed E-state index contributed by atoms with van der Waals surface area (Å²) in [6.45, 7) is 4.90. The monoisotopic (exact) mass is 420 g/mol. The Morgan fingerprint density at radius 3 is 2.35 bits per heavy atom. The lowest BCUT2D eigenvalue weighted by molar-refractivity contribution is -0.149. The molecule has 1 aliphatic heterocycles. The molecule has 4 heteroatoms. The molecule has 3 atom stereocenters. The molecule has 0 bridgehead atoms. The minimum Gasteiger partial charge on any atom is -0.375 e. The molecule has 0 radical (unpaired) electrons. The van der Waals surface area contributed by atoms with Crippen molar-refractivity contribution in [3.8, 4) is 0 Å². The largest absolute Gasteiger partial charge is 0.375 e. The number of likely N-dealkylation sites (tertiary alicyclic amines) is 1. The molecule has 2 aromatic rings. The van der Waals surface area contributed by atoms with Crippen molar-refractivity contribution >= 4 is 5.91 Å². The molecule has 2 N–H and O–H groups in total. The number of carbonyl (C=O) groups excluding carboxylic acids is 1. The molecule has 2 aliphatic rings. The van der Waals surface area contributed by atoms with Gasteiger partial charge in [-0.05, 0) is 49.8 Å². The minimum absolute atomic E-state index is 0.0122. The van der Waals surface area contributed by atoms with Gasteiger partial charge in [-0.25, -0.2) is 0 Å². The number of hydrogen-bond acceptors (Lipinski definition) is 3. The van der Waals surface area contributed by atoms with E-state index in [0.717, 1.165) is 50.8 Å². The summed E-state index contributed by atoms with van der Waals surface area (Å²) < 4.78 is 0. The number of carbonyl (C=O) groups is 1. The lowest BCUT2D eigenvalue weighted by Crippen LogP contribution is -2.51. The first-order valence-electron chi connectivity index (χ1n) is 11.9. The highest BCUT2D eigenvalue weighted by molar-refractivity contribution is 5.86. The number of rotatable bonds is 7. The molecular formula is C27H36N2O2. The molecule has 2 aromatic carbocycles. The molecule has 0 aromatic heterocycles. The molecule has 1 saturated heterocycles. The van der Waals surface area contributed by atoms with Crippen molar-refractivity contribution in [2.45, 2.75) is 57.1 Å². The van der Waals surface area contributed by atoms with Crippen LogP contribution in [0.5, 0.6) is 0 Å². The van der Waals surface area contributed by atoms with E-state index < -0.39 is 5.60 Å². The van der Waals surface area contributed by atoms with Crippen molar-refractivity contribution in [1.29, 1.82) is 0 Å². The van der Waals surface area contributed by atoms with Crippen LogP contribution in [-0.2, 0) is 10.4 Å². The Labute approximate surface area is 186 Å². The maximum absolute atomic E-state index is 13.4. The van der Waals surface area contributed by atoms with Gasteiger partial charge in [-0.1, -0.05) is 79.9 Å². The summed E-state index contributed by atoms with van der Waals surface area (Å²) in [5.41, 5.74) is 0.630. The van der Waals surface area contributed by atoms with Crippen LogP contribution in [0.25, 0.3) is 0 Å². The van der Waals surface area contributed by atoms with Gasteiger partial charge in [-0.3, -0.25) is 9.69 Å². The third-order valence-electron chi connectivity index (χ3n) is 7.45. The third-order valence-corrected chi connectivity index (χ3v) is 7.45. The maximum atomic E-state index is 13.4. The SMILES string of the molecule is C[C@H](c1ccccc1)N1CCC(CNC(=O)C(O)(c2ccccc2)C2CCCCC2)C1. The zero-order valence-corrected chi connectivity index (χ0v) is 18.7. The summed E-state index contributed by atoms with van der Waals surface area (Å²) in [7, 11) is 0. The quantitative estimate of drug-likeness (QED) is 0.685. The van der Waals surface area contributed by atoms with Crippen LogP contribution in [0.1, 0.15) is 62.6 Å². The van der Waals surface area contributed by atoms with Crippen molar-refractivity contribution < 1.29 is 9.90 Å². The molecule has 1 saturated carbocycles. The standard InChI is InChI=1S/C27H36N2O2/c1-21(23-11-5-2-6-12-23)29-18-17-22(20-29)19-28-26(30)27(31,24-13-7-3-8-14-24)25-15-9-4-10-16-25/h2-3,5-8,11-14,21-22,25,31H,4,9-10,15-20H2,1H3,(H,28,30)/t21-,22?,27?/m1/s1. The molecule has 1 amide bonds. The summed E-state index contributed by atoms with van der Waals surface area (Å²) in [6, 6.07) is 20.5. The highest BCUT2D eigenvalue weighted by Crippen LogP contribution is 2.39. The van der Waals surface area contributed by atoms with Crippen LogP contribution >= 0.6 is 0 Å². The number of benzene rings is 2. The van der Waals surface area contributed by atoms with E-state index in [4.69, 9.17) is 0 Å². The highest BCUT2D eigenvalue weighted by atomic mass is 16.3. The normalized spacial score (nSPS) is 23.2. The van der Waals surface area contributed by atoms with E-state index in [-0.39, 0.29) is 11.8 Å². The van der Waals surface area contributed by atoms with Gasteiger partial charge in [0.15, 0.2) is 5.60 Å². The number of nitrogens with zero attached hydrogens (tertiary/aromatic N) is 1. The average molecular weight is 421 g/mol. The van der Waals surface area contributed by atoms with Gasteiger partial charge in [0, 0.05) is 25.0 Å². The van der Waals surface area contributed by atoms with Gasteiger partial charge in [0.25, 0.3) is 5.91 Å². The molecule has 0 spiro atoms. The van der Waals surface area contributed by atoms with Gasteiger partial charge in [-0.15, -0.1) is 0 Å². The molecule has 2 fully saturated rings. The van der Waals surface area contributed by atoms with E-state index in [1.807, 2.05) is 30.3 Å². The van der Waals surface area contributed by atoms with Gasteiger partial charge in [0.1, 0.15) is 0 Å². The van der Waals surface area contributed by atoms with Crippen molar-refractivity contribution in [1.82, 2.24) is 10.2 Å². The third kappa shape index (κ3) is 4.86. The van der Waals surface area contributed by atoms with Gasteiger partial charge in [0.2, 0.25) is 0 Å². The lowest BCUT2D eigenvalue weighted by atomic mass is 9.72. The van der Waals surface area contributed by atoms with Crippen molar-refractivity contribution in [3.05, 3.63) is 71.8 Å². The Morgan fingerprint density at radius 2 is 1.68 bits per heavy atom. The number of hydrogen-bond donors (Lipinski definition) is 2. The van der Waals surface area contributed by atoms with E-state index in [1.165, 1.54) is 12.0 Å². The first-order valence-corrected chi connectivity index (χ1v) is 11.9. The first kappa shape index (κ1) is 22.0. The first-order chi connectivity index (χ1) is 15.1. The number of amides is 1. The van der Waals surface area contributed by atoms with Crippen LogP contribution in [0, 0.1) is 11.8 Å². The summed E-state index contributed by atoms with van der Waals surface area (Å²) >= 11 is 0. The highest BCUT2D eigenvalue weighted by Gasteiger charge is 2.45. The zero-order chi connectivity index (χ0) is 21.7. The van der Waals surface area contributed by atoms with Crippen LogP contribution in [-0.4, -0.2) is 35.5 Å². The fourth-order valence-electron chi connectivity index (χ4n) is 5.46. The van der Waals surface area contributed by atoms with Crippen molar-refractivity contribution in [2.24, 2.45) is 11.8 Å². The lowest BCUT2D eigenvalue weighted by Gasteiger charge is -2.37. The predicted molar refractivity (Wildman–Crippen MR) is 124 cm³/mol. The van der Waals surface area contributed by atoms with Crippen LogP contribution in [0.3, 0.4) is 0 Å². The fraction of sp³-hybridized carbons (Fsp3) is 0.519. The van der Waals surface area contributed by atoms with E-state index >= 15 is 0 Å². The van der Waals surface area contributed by atoms with Gasteiger partial charge in [-0.2, -0.15) is 0 Å². The smallest absolute Gasteiger partial charge is 0.256 e. The topological polar surface area (TPSA) is 52.6 Å². The van der Waals surface area contributed by atoms with Crippen LogP contribution in [0.15, 0.2) is 60.7 Å². The van der Waals surface area contributed by atoms with E-state index in [9.17, 15) is 9.90 Å². The van der Waals surface area contributed by atoms with Crippen LogP contribution < -0.4 is 5.32 Å². The summed E-state index contributed by atoms with van der Waals surface area (Å²) in [5.74, 6) is 0.184. The van der Waals surface area contributed by atoms with Gasteiger partial charge in [0.05, 0.1) is 0 Å². The molecule has 1 aliphatic carbocycles. The molecule has 4 rings (SSSR count). The Balaban J connectivity index is 1.39. The second-order valence-corrected chi connectivity index (χ2v) is 9.41. The molecule has 2 unspecified atom stereocenters. The van der Waals surface area contributed by atoms with Crippen LogP contribution in [0.4, 0.5) is 0 Å². The summed E-state index contributed by atoms with van der Waals surface area (Å²) in [6.07, 6.45) is 6.25.